The normalized spacial score (nSPS) is 22.7. The van der Waals surface area contributed by atoms with Crippen LogP contribution in [0, 0.1) is 0 Å². The van der Waals surface area contributed by atoms with Crippen molar-refractivity contribution in [3.8, 4) is 0 Å². The first-order valence-corrected chi connectivity index (χ1v) is 12.8. The van der Waals surface area contributed by atoms with Gasteiger partial charge in [-0.3, -0.25) is 19.4 Å². The summed E-state index contributed by atoms with van der Waals surface area (Å²) in [5.41, 5.74) is 4.77. The fourth-order valence-corrected chi connectivity index (χ4v) is 6.03. The van der Waals surface area contributed by atoms with E-state index in [1.54, 1.807) is 0 Å². The first-order valence-electron chi connectivity index (χ1n) is 12.8. The monoisotopic (exact) mass is 435 g/mol. The lowest BCUT2D eigenvalue weighted by atomic mass is 9.85. The van der Waals surface area contributed by atoms with Gasteiger partial charge in [0.25, 0.3) is 5.91 Å². The van der Waals surface area contributed by atoms with Gasteiger partial charge in [-0.1, -0.05) is 6.92 Å². The number of nitrogens with zero attached hydrogens (tertiary/aromatic N) is 5. The van der Waals surface area contributed by atoms with Crippen molar-refractivity contribution >= 4 is 5.91 Å². The van der Waals surface area contributed by atoms with E-state index < -0.39 is 0 Å². The zero-order valence-corrected chi connectivity index (χ0v) is 19.5. The standard InChI is InChI=1S/C26H37N5O/c1-2-14-31-24-7-6-22(29-17-10-21(11-18-29)20-8-12-27-13-9-20)19-23(24)25(28-31)26(32)30-15-4-3-5-16-30/h8-9,12-13,21-22H,2-7,10-11,14-19H2,1H3. The molecule has 0 saturated carbocycles. The van der Waals surface area contributed by atoms with E-state index in [1.165, 1.54) is 42.5 Å². The van der Waals surface area contributed by atoms with Crippen molar-refractivity contribution < 1.29 is 4.79 Å². The first-order chi connectivity index (χ1) is 15.7. The van der Waals surface area contributed by atoms with Crippen molar-refractivity contribution in [1.82, 2.24) is 24.6 Å². The highest BCUT2D eigenvalue weighted by Gasteiger charge is 2.34. The lowest BCUT2D eigenvalue weighted by Crippen LogP contribution is -2.44. The fraction of sp³-hybridized carbons (Fsp3) is 0.654. The molecule has 0 spiro atoms. The van der Waals surface area contributed by atoms with E-state index in [0.717, 1.165) is 70.5 Å². The van der Waals surface area contributed by atoms with Crippen molar-refractivity contribution in [2.45, 2.75) is 83.2 Å². The third-order valence-corrected chi connectivity index (χ3v) is 7.83. The van der Waals surface area contributed by atoms with Crippen LogP contribution >= 0.6 is 0 Å². The Morgan fingerprint density at radius 1 is 1.03 bits per heavy atom. The molecule has 5 rings (SSSR count). The average molecular weight is 436 g/mol. The van der Waals surface area contributed by atoms with Crippen LogP contribution in [0.15, 0.2) is 24.5 Å². The second kappa shape index (κ2) is 9.74. The molecule has 2 aromatic rings. The number of piperidine rings is 2. The molecule has 4 heterocycles. The third-order valence-electron chi connectivity index (χ3n) is 7.83. The molecule has 2 saturated heterocycles. The van der Waals surface area contributed by atoms with E-state index in [2.05, 4.69) is 33.6 Å². The number of likely N-dealkylation sites (tertiary alicyclic amines) is 2. The Bertz CT molecular complexity index is 910. The number of hydrogen-bond donors (Lipinski definition) is 0. The number of fused-ring (bicyclic) bond motifs is 1. The van der Waals surface area contributed by atoms with Crippen LogP contribution in [0.1, 0.15) is 85.1 Å². The number of carbonyl (C=O) groups excluding carboxylic acids is 1. The Hall–Kier alpha value is -2.21. The molecule has 32 heavy (non-hydrogen) atoms. The highest BCUT2D eigenvalue weighted by atomic mass is 16.2. The number of aromatic nitrogens is 3. The van der Waals surface area contributed by atoms with Crippen LogP contribution in [-0.4, -0.2) is 62.7 Å². The van der Waals surface area contributed by atoms with Gasteiger partial charge in [-0.15, -0.1) is 0 Å². The molecule has 2 fully saturated rings. The van der Waals surface area contributed by atoms with E-state index in [9.17, 15) is 4.79 Å². The lowest BCUT2D eigenvalue weighted by Gasteiger charge is -2.39. The summed E-state index contributed by atoms with van der Waals surface area (Å²) >= 11 is 0. The van der Waals surface area contributed by atoms with Crippen molar-refractivity contribution in [3.05, 3.63) is 47.0 Å². The predicted molar refractivity (Wildman–Crippen MR) is 126 cm³/mol. The smallest absolute Gasteiger partial charge is 0.274 e. The Balaban J connectivity index is 1.31. The summed E-state index contributed by atoms with van der Waals surface area (Å²) in [7, 11) is 0. The number of hydrogen-bond acceptors (Lipinski definition) is 4. The molecule has 6 nitrogen and oxygen atoms in total. The Morgan fingerprint density at radius 3 is 2.50 bits per heavy atom. The molecule has 3 aliphatic rings. The fourth-order valence-electron chi connectivity index (χ4n) is 6.03. The Labute approximate surface area is 192 Å². The quantitative estimate of drug-likeness (QED) is 0.711. The van der Waals surface area contributed by atoms with E-state index in [-0.39, 0.29) is 5.91 Å². The van der Waals surface area contributed by atoms with Crippen LogP contribution in [0.2, 0.25) is 0 Å². The maximum Gasteiger partial charge on any atom is 0.274 e. The zero-order valence-electron chi connectivity index (χ0n) is 19.5. The molecule has 1 atom stereocenters. The van der Waals surface area contributed by atoms with Gasteiger partial charge < -0.3 is 4.90 Å². The molecule has 2 aliphatic heterocycles. The van der Waals surface area contributed by atoms with Crippen molar-refractivity contribution in [1.29, 1.82) is 0 Å². The first kappa shape index (κ1) is 21.6. The number of pyridine rings is 1. The molecule has 1 aliphatic carbocycles. The van der Waals surface area contributed by atoms with Crippen molar-refractivity contribution in [2.75, 3.05) is 26.2 Å². The van der Waals surface area contributed by atoms with Crippen molar-refractivity contribution in [3.63, 3.8) is 0 Å². The van der Waals surface area contributed by atoms with Gasteiger partial charge in [-0.05, 0) is 94.5 Å². The average Bonchev–Trinajstić information content (AvgIpc) is 3.22. The minimum Gasteiger partial charge on any atom is -0.337 e. The van der Waals surface area contributed by atoms with E-state index >= 15 is 0 Å². The minimum atomic E-state index is 0.174. The van der Waals surface area contributed by atoms with Crippen LogP contribution in [-0.2, 0) is 19.4 Å². The van der Waals surface area contributed by atoms with Crippen LogP contribution in [0.25, 0.3) is 0 Å². The molecular weight excluding hydrogens is 398 g/mol. The summed E-state index contributed by atoms with van der Waals surface area (Å²) in [6, 6.07) is 4.88. The summed E-state index contributed by atoms with van der Waals surface area (Å²) < 4.78 is 2.15. The molecule has 0 N–H and O–H groups in total. The summed E-state index contributed by atoms with van der Waals surface area (Å²) in [5, 5.41) is 4.89. The molecule has 1 amide bonds. The molecule has 0 radical (unpaired) electrons. The van der Waals surface area contributed by atoms with Crippen LogP contribution in [0.3, 0.4) is 0 Å². The van der Waals surface area contributed by atoms with E-state index in [1.807, 2.05) is 17.3 Å². The molecule has 2 aromatic heterocycles. The molecule has 6 heteroatoms. The SMILES string of the molecule is CCCn1nc(C(=O)N2CCCCC2)c2c1CCC(N1CCC(c3ccncc3)CC1)C2. The van der Waals surface area contributed by atoms with Crippen LogP contribution in [0.5, 0.6) is 0 Å². The van der Waals surface area contributed by atoms with Gasteiger partial charge in [0.05, 0.1) is 0 Å². The van der Waals surface area contributed by atoms with Gasteiger partial charge in [-0.25, -0.2) is 0 Å². The zero-order chi connectivity index (χ0) is 21.9. The summed E-state index contributed by atoms with van der Waals surface area (Å²) in [6.07, 6.45) is 14.0. The van der Waals surface area contributed by atoms with Crippen LogP contribution in [0.4, 0.5) is 0 Å². The summed E-state index contributed by atoms with van der Waals surface area (Å²) in [4.78, 5) is 22.3. The van der Waals surface area contributed by atoms with E-state index in [0.29, 0.717) is 12.0 Å². The Morgan fingerprint density at radius 2 is 1.78 bits per heavy atom. The highest BCUT2D eigenvalue weighted by molar-refractivity contribution is 5.94. The second-order valence-electron chi connectivity index (χ2n) is 9.84. The van der Waals surface area contributed by atoms with Gasteiger partial charge in [0.15, 0.2) is 5.69 Å². The van der Waals surface area contributed by atoms with E-state index in [4.69, 9.17) is 5.10 Å². The van der Waals surface area contributed by atoms with Gasteiger partial charge >= 0.3 is 0 Å². The molecule has 172 valence electrons. The predicted octanol–water partition coefficient (Wildman–Crippen LogP) is 4.05. The Kier molecular flexibility index (Phi) is 6.58. The van der Waals surface area contributed by atoms with Crippen molar-refractivity contribution in [2.24, 2.45) is 0 Å². The maximum atomic E-state index is 13.4. The number of amides is 1. The molecule has 0 aromatic carbocycles. The number of carbonyl (C=O) groups is 1. The molecule has 0 bridgehead atoms. The highest BCUT2D eigenvalue weighted by Crippen LogP contribution is 2.33. The maximum absolute atomic E-state index is 13.4. The second-order valence-corrected chi connectivity index (χ2v) is 9.84. The third kappa shape index (κ3) is 4.34. The number of aryl methyl sites for hydroxylation is 1. The summed E-state index contributed by atoms with van der Waals surface area (Å²) in [5.74, 6) is 0.824. The lowest BCUT2D eigenvalue weighted by molar-refractivity contribution is 0.0715. The van der Waals surface area contributed by atoms with Gasteiger partial charge in [-0.2, -0.15) is 5.10 Å². The van der Waals surface area contributed by atoms with Gasteiger partial charge in [0, 0.05) is 49.3 Å². The van der Waals surface area contributed by atoms with Gasteiger partial charge in [0.2, 0.25) is 0 Å². The largest absolute Gasteiger partial charge is 0.337 e. The van der Waals surface area contributed by atoms with Gasteiger partial charge in [0.1, 0.15) is 0 Å². The topological polar surface area (TPSA) is 54.3 Å². The minimum absolute atomic E-state index is 0.174. The van der Waals surface area contributed by atoms with Crippen LogP contribution < -0.4 is 0 Å². The molecule has 1 unspecified atom stereocenters. The summed E-state index contributed by atoms with van der Waals surface area (Å²) in [6.45, 7) is 7.17. The molecular formula is C26H37N5O. The number of rotatable bonds is 5.